The minimum atomic E-state index is -2.53. The number of nitrogens with one attached hydrogen (secondary N) is 1. The fourth-order valence-corrected chi connectivity index (χ4v) is 4.12. The second-order valence-corrected chi connectivity index (χ2v) is 9.49. The molecule has 1 saturated carbocycles. The Labute approximate surface area is 185 Å². The lowest BCUT2D eigenvalue weighted by Crippen LogP contribution is -2.27. The number of pyridine rings is 1. The van der Waals surface area contributed by atoms with Gasteiger partial charge in [0.1, 0.15) is 11.4 Å². The molecule has 172 valence electrons. The molecule has 3 aromatic heterocycles. The number of fused-ring (bicyclic) bond motifs is 1. The van der Waals surface area contributed by atoms with E-state index in [1.807, 2.05) is 18.3 Å². The van der Waals surface area contributed by atoms with Gasteiger partial charge < -0.3 is 13.8 Å². The molecule has 3 aromatic rings. The number of alkyl halides is 2. The van der Waals surface area contributed by atoms with Gasteiger partial charge in [-0.2, -0.15) is 0 Å². The molecule has 0 spiro atoms. The summed E-state index contributed by atoms with van der Waals surface area (Å²) in [7, 11) is 0. The van der Waals surface area contributed by atoms with Crippen LogP contribution < -0.4 is 5.32 Å². The van der Waals surface area contributed by atoms with Crippen LogP contribution in [0.5, 0.6) is 0 Å². The number of amides is 1. The van der Waals surface area contributed by atoms with Gasteiger partial charge in [-0.3, -0.25) is 10.3 Å². The van der Waals surface area contributed by atoms with Gasteiger partial charge in [0.15, 0.2) is 5.82 Å². The highest BCUT2D eigenvalue weighted by Gasteiger charge is 2.35. The molecule has 0 unspecified atom stereocenters. The number of aromatic nitrogens is 3. The van der Waals surface area contributed by atoms with E-state index in [2.05, 4.69) is 20.0 Å². The van der Waals surface area contributed by atoms with Crippen LogP contribution in [0, 0.1) is 12.8 Å². The van der Waals surface area contributed by atoms with Crippen molar-refractivity contribution in [1.29, 1.82) is 0 Å². The summed E-state index contributed by atoms with van der Waals surface area (Å²) in [5, 5.41) is 6.61. The number of halogens is 2. The van der Waals surface area contributed by atoms with Crippen LogP contribution in [0.25, 0.3) is 22.2 Å². The van der Waals surface area contributed by atoms with Crippen molar-refractivity contribution in [2.75, 3.05) is 5.32 Å². The van der Waals surface area contributed by atoms with Gasteiger partial charge in [-0.1, -0.05) is 5.16 Å². The first kappa shape index (κ1) is 22.2. The highest BCUT2D eigenvalue weighted by Crippen LogP contribution is 2.38. The number of carbonyl (C=O) groups is 1. The van der Waals surface area contributed by atoms with Gasteiger partial charge in [-0.15, -0.1) is 0 Å². The molecule has 0 aromatic carbocycles. The first-order chi connectivity index (χ1) is 15.0. The van der Waals surface area contributed by atoms with Crippen LogP contribution in [-0.4, -0.2) is 32.3 Å². The van der Waals surface area contributed by atoms with E-state index < -0.39 is 17.6 Å². The van der Waals surface area contributed by atoms with Gasteiger partial charge in [0.05, 0.1) is 16.6 Å². The Kier molecular flexibility index (Phi) is 5.68. The molecule has 1 aliphatic carbocycles. The summed E-state index contributed by atoms with van der Waals surface area (Å²) in [5.74, 6) is -1.54. The lowest BCUT2D eigenvalue weighted by molar-refractivity contribution is -0.0472. The number of anilines is 1. The van der Waals surface area contributed by atoms with Crippen molar-refractivity contribution in [3.8, 4) is 11.1 Å². The van der Waals surface area contributed by atoms with Crippen LogP contribution in [0.4, 0.5) is 19.4 Å². The molecule has 3 heterocycles. The molecule has 1 N–H and O–H groups in total. The molecule has 1 aliphatic rings. The van der Waals surface area contributed by atoms with E-state index in [-0.39, 0.29) is 24.6 Å². The molecule has 4 rings (SSSR count). The minimum absolute atomic E-state index is 0.0556. The zero-order valence-corrected chi connectivity index (χ0v) is 18.7. The molecule has 0 aliphatic heterocycles. The van der Waals surface area contributed by atoms with Crippen molar-refractivity contribution in [3.63, 3.8) is 0 Å². The second-order valence-electron chi connectivity index (χ2n) is 9.49. The Balaban J connectivity index is 1.59. The van der Waals surface area contributed by atoms with Gasteiger partial charge in [-0.05, 0) is 58.6 Å². The Morgan fingerprint density at radius 3 is 2.75 bits per heavy atom. The van der Waals surface area contributed by atoms with E-state index in [1.165, 1.54) is 0 Å². The third kappa shape index (κ3) is 4.92. The first-order valence-corrected chi connectivity index (χ1v) is 10.8. The van der Waals surface area contributed by atoms with Crippen molar-refractivity contribution in [2.45, 2.75) is 71.4 Å². The molecule has 1 amide bonds. The SMILES string of the molecule is Cc1onc(NC(=O)OC(C)(C)C)c1-c1cnc2ccn(CC3CCC(F)(F)CC3)c2c1. The maximum atomic E-state index is 13.5. The maximum Gasteiger partial charge on any atom is 0.413 e. The van der Waals surface area contributed by atoms with Crippen LogP contribution in [-0.2, 0) is 11.3 Å². The molecule has 1 fully saturated rings. The van der Waals surface area contributed by atoms with Gasteiger partial charge in [0.2, 0.25) is 5.92 Å². The van der Waals surface area contributed by atoms with Gasteiger partial charge >= 0.3 is 6.09 Å². The molecule has 0 atom stereocenters. The van der Waals surface area contributed by atoms with E-state index in [0.29, 0.717) is 30.7 Å². The van der Waals surface area contributed by atoms with E-state index in [9.17, 15) is 13.6 Å². The Hall–Kier alpha value is -2.97. The van der Waals surface area contributed by atoms with Gasteiger partial charge in [-0.25, -0.2) is 13.6 Å². The third-order valence-electron chi connectivity index (χ3n) is 5.68. The molecule has 0 bridgehead atoms. The standard InChI is InChI=1S/C23H28F2N4O3/c1-14-19(20(28-32-14)27-21(30)31-22(2,3)4)16-11-18-17(26-12-16)7-10-29(18)13-15-5-8-23(24,25)9-6-15/h7,10-12,15H,5-6,8-9,13H2,1-4H3,(H,27,28,30). The predicted octanol–water partition coefficient (Wildman–Crippen LogP) is 6.17. The van der Waals surface area contributed by atoms with Crippen molar-refractivity contribution in [3.05, 3.63) is 30.3 Å². The minimum Gasteiger partial charge on any atom is -0.444 e. The zero-order chi connectivity index (χ0) is 23.1. The summed E-state index contributed by atoms with van der Waals surface area (Å²) in [5.41, 5.74) is 2.41. The number of carbonyl (C=O) groups excluding carboxylic acids is 1. The van der Waals surface area contributed by atoms with Crippen LogP contribution in [0.2, 0.25) is 0 Å². The van der Waals surface area contributed by atoms with E-state index in [4.69, 9.17) is 9.26 Å². The van der Waals surface area contributed by atoms with Crippen molar-refractivity contribution < 1.29 is 22.8 Å². The Morgan fingerprint density at radius 1 is 1.34 bits per heavy atom. The van der Waals surface area contributed by atoms with Crippen molar-refractivity contribution in [1.82, 2.24) is 14.7 Å². The van der Waals surface area contributed by atoms with E-state index in [0.717, 1.165) is 16.6 Å². The molecule has 32 heavy (non-hydrogen) atoms. The lowest BCUT2D eigenvalue weighted by Gasteiger charge is -2.28. The fourth-order valence-electron chi connectivity index (χ4n) is 4.12. The van der Waals surface area contributed by atoms with Crippen LogP contribution in [0.1, 0.15) is 52.2 Å². The summed E-state index contributed by atoms with van der Waals surface area (Å²) in [6.45, 7) is 7.76. The number of nitrogens with zero attached hydrogens (tertiary/aromatic N) is 3. The summed E-state index contributed by atoms with van der Waals surface area (Å²) in [6.07, 6.45) is 3.92. The smallest absolute Gasteiger partial charge is 0.413 e. The average Bonchev–Trinajstić information content (AvgIpc) is 3.25. The Bertz CT molecular complexity index is 1120. The van der Waals surface area contributed by atoms with Crippen LogP contribution >= 0.6 is 0 Å². The maximum absolute atomic E-state index is 13.5. The van der Waals surface area contributed by atoms with E-state index in [1.54, 1.807) is 33.9 Å². The largest absolute Gasteiger partial charge is 0.444 e. The number of hydrogen-bond donors (Lipinski definition) is 1. The van der Waals surface area contributed by atoms with E-state index >= 15 is 0 Å². The molecular weight excluding hydrogens is 418 g/mol. The lowest BCUT2D eigenvalue weighted by atomic mass is 9.87. The summed E-state index contributed by atoms with van der Waals surface area (Å²) in [4.78, 5) is 16.8. The zero-order valence-electron chi connectivity index (χ0n) is 18.7. The van der Waals surface area contributed by atoms with Crippen LogP contribution in [0.15, 0.2) is 29.0 Å². The monoisotopic (exact) mass is 446 g/mol. The van der Waals surface area contributed by atoms with Crippen molar-refractivity contribution in [2.24, 2.45) is 5.92 Å². The molecular formula is C23H28F2N4O3. The number of hydrogen-bond acceptors (Lipinski definition) is 5. The summed E-state index contributed by atoms with van der Waals surface area (Å²) in [6, 6.07) is 3.87. The second kappa shape index (κ2) is 8.18. The van der Waals surface area contributed by atoms with Gasteiger partial charge in [0.25, 0.3) is 0 Å². The average molecular weight is 446 g/mol. The first-order valence-electron chi connectivity index (χ1n) is 10.8. The predicted molar refractivity (Wildman–Crippen MR) is 117 cm³/mol. The number of rotatable bonds is 4. The summed E-state index contributed by atoms with van der Waals surface area (Å²) >= 11 is 0. The van der Waals surface area contributed by atoms with Crippen molar-refractivity contribution >= 4 is 22.9 Å². The fraction of sp³-hybridized carbons (Fsp3) is 0.522. The normalized spacial score (nSPS) is 16.9. The highest BCUT2D eigenvalue weighted by atomic mass is 19.3. The molecule has 0 saturated heterocycles. The summed E-state index contributed by atoms with van der Waals surface area (Å²) < 4.78 is 39.7. The molecule has 0 radical (unpaired) electrons. The molecule has 9 heteroatoms. The highest BCUT2D eigenvalue weighted by molar-refractivity contribution is 5.92. The number of aryl methyl sites for hydroxylation is 1. The Morgan fingerprint density at radius 2 is 2.06 bits per heavy atom. The topological polar surface area (TPSA) is 82.2 Å². The van der Waals surface area contributed by atoms with Crippen LogP contribution in [0.3, 0.4) is 0 Å². The van der Waals surface area contributed by atoms with Gasteiger partial charge in [0, 0.05) is 37.3 Å². The number of ether oxygens (including phenoxy) is 1. The molecule has 7 nitrogen and oxygen atoms in total. The quantitative estimate of drug-likeness (QED) is 0.518. The third-order valence-corrected chi connectivity index (χ3v) is 5.68.